The van der Waals surface area contributed by atoms with Gasteiger partial charge in [-0.2, -0.15) is 5.26 Å². The number of carbonyl (C=O) groups is 1. The van der Waals surface area contributed by atoms with E-state index in [0.717, 1.165) is 84.3 Å². The van der Waals surface area contributed by atoms with Crippen LogP contribution in [0.5, 0.6) is 11.5 Å². The highest BCUT2D eigenvalue weighted by atomic mass is 16.7. The molecule has 1 amide bonds. The largest absolute Gasteiger partial charge is 0.492 e. The first-order valence-electron chi connectivity index (χ1n) is 23.5. The van der Waals surface area contributed by atoms with Crippen LogP contribution in [0, 0.1) is 29.1 Å². The maximum absolute atomic E-state index is 15.6. The SMILES string of the molecule is C=CCO[C@@]12Oc3ccc(OCCN4CC4)cc3[C@H]3[C@H](CCCCO)[C@@H](CCCCO)C=C(C(=NOC(C)(C)C)C[C@@H]1N(Cc1cccc4ccccc14)C(=O)c1ccc(C#N)cc1)[C@H]32. The number of allylic oxidation sites excluding steroid dienone is 1. The number of benzene rings is 4. The summed E-state index contributed by atoms with van der Waals surface area (Å²) in [4.78, 5) is 26.2. The van der Waals surface area contributed by atoms with E-state index >= 15 is 4.79 Å². The van der Waals surface area contributed by atoms with E-state index < -0.39 is 23.3 Å². The number of nitriles is 1. The average Bonchev–Trinajstić information content (AvgIpc) is 4.15. The molecular formula is C54H64N4O7. The summed E-state index contributed by atoms with van der Waals surface area (Å²) in [6.45, 7) is 14.2. The quantitative estimate of drug-likeness (QED) is 0.0386. The third-order valence-corrected chi connectivity index (χ3v) is 13.4. The molecule has 11 heteroatoms. The van der Waals surface area contributed by atoms with Gasteiger partial charge in [-0.25, -0.2) is 0 Å². The Hall–Kier alpha value is -5.51. The maximum Gasteiger partial charge on any atom is 0.254 e. The number of fused-ring (bicyclic) bond motifs is 3. The molecule has 2 aliphatic carbocycles. The van der Waals surface area contributed by atoms with Gasteiger partial charge in [-0.15, -0.1) is 6.58 Å². The molecule has 0 aromatic heterocycles. The number of unbranched alkanes of at least 4 members (excludes halogenated alkanes) is 2. The number of carbonyl (C=O) groups excluding carboxylic acids is 1. The molecule has 6 atom stereocenters. The Morgan fingerprint density at radius 3 is 2.48 bits per heavy atom. The number of aliphatic hydroxyl groups excluding tert-OH is 2. The summed E-state index contributed by atoms with van der Waals surface area (Å²) in [5.74, 6) is -0.750. The van der Waals surface area contributed by atoms with Gasteiger partial charge in [-0.3, -0.25) is 9.69 Å². The van der Waals surface area contributed by atoms with E-state index in [1.165, 1.54) is 0 Å². The van der Waals surface area contributed by atoms with Gasteiger partial charge in [0.05, 0.1) is 29.9 Å². The average molecular weight is 881 g/mol. The number of hydrogen-bond donors (Lipinski definition) is 2. The minimum Gasteiger partial charge on any atom is -0.492 e. The Morgan fingerprint density at radius 2 is 1.75 bits per heavy atom. The van der Waals surface area contributed by atoms with Gasteiger partial charge in [0.15, 0.2) is 0 Å². The third kappa shape index (κ3) is 10.2. The molecule has 1 saturated heterocycles. The summed E-state index contributed by atoms with van der Waals surface area (Å²) in [5.41, 5.74) is 3.95. The van der Waals surface area contributed by atoms with E-state index in [9.17, 15) is 15.5 Å². The van der Waals surface area contributed by atoms with Gasteiger partial charge in [-0.1, -0.05) is 72.6 Å². The van der Waals surface area contributed by atoms with Crippen LogP contribution in [0.2, 0.25) is 0 Å². The monoisotopic (exact) mass is 880 g/mol. The van der Waals surface area contributed by atoms with E-state index in [4.69, 9.17) is 24.2 Å². The summed E-state index contributed by atoms with van der Waals surface area (Å²) in [6.07, 6.45) is 9.04. The molecular weight excluding hydrogens is 817 g/mol. The number of rotatable bonds is 20. The van der Waals surface area contributed by atoms with Crippen molar-refractivity contribution in [3.8, 4) is 17.6 Å². The third-order valence-electron chi connectivity index (χ3n) is 13.4. The molecule has 0 spiro atoms. The van der Waals surface area contributed by atoms with Crippen LogP contribution in [0.3, 0.4) is 0 Å². The number of oxime groups is 1. The van der Waals surface area contributed by atoms with E-state index in [2.05, 4.69) is 54.0 Å². The van der Waals surface area contributed by atoms with Crippen molar-refractivity contribution in [2.24, 2.45) is 22.9 Å². The minimum absolute atomic E-state index is 0.0699. The summed E-state index contributed by atoms with van der Waals surface area (Å²) >= 11 is 0. The molecule has 2 aliphatic heterocycles. The fourth-order valence-corrected chi connectivity index (χ4v) is 10.3. The fourth-order valence-electron chi connectivity index (χ4n) is 10.3. The lowest BCUT2D eigenvalue weighted by atomic mass is 9.55. The normalized spacial score (nSPS) is 24.0. The van der Waals surface area contributed by atoms with Crippen LogP contribution in [0.25, 0.3) is 10.8 Å². The number of amides is 1. The summed E-state index contributed by atoms with van der Waals surface area (Å²) in [7, 11) is 0. The molecule has 4 aromatic carbocycles. The standard InChI is InChI=1S/C54H64N4O7/c1-5-30-63-54-49(58(52(61)39-21-19-37(35-55)20-22-39)36-41-16-12-15-38-13-6-7-17-43(38)41)34-47(56-65-53(2,3)4)45-32-40(14-8-10-28-59)44(18-9-11-29-60)50(51(45)54)46-33-42(23-24-48(46)64-54)62-31-27-57-25-26-57/h5-7,12-13,15-17,19-24,32-33,40,44,49-51,59-60H,1,8-11,14,18,25-31,34,36H2,2-4H3/t40-,44+,49-,50+,51+,54+/m0/s1. The highest BCUT2D eigenvalue weighted by molar-refractivity contribution is 6.03. The van der Waals surface area contributed by atoms with Crippen molar-refractivity contribution in [1.82, 2.24) is 9.80 Å². The van der Waals surface area contributed by atoms with Gasteiger partial charge < -0.3 is 34.2 Å². The molecule has 2 heterocycles. The maximum atomic E-state index is 15.6. The number of nitrogens with zero attached hydrogens (tertiary/aromatic N) is 4. The molecule has 65 heavy (non-hydrogen) atoms. The zero-order valence-corrected chi connectivity index (χ0v) is 38.2. The van der Waals surface area contributed by atoms with Crippen molar-refractivity contribution in [3.63, 3.8) is 0 Å². The number of ether oxygens (including phenoxy) is 3. The molecule has 0 radical (unpaired) electrons. The summed E-state index contributed by atoms with van der Waals surface area (Å²) in [5, 5.41) is 36.9. The predicted octanol–water partition coefficient (Wildman–Crippen LogP) is 9.18. The van der Waals surface area contributed by atoms with Crippen LogP contribution in [0.4, 0.5) is 0 Å². The van der Waals surface area contributed by atoms with Gasteiger partial charge in [0, 0.05) is 62.9 Å². The molecule has 0 unspecified atom stereocenters. The van der Waals surface area contributed by atoms with Crippen LogP contribution in [-0.2, 0) is 16.1 Å². The first kappa shape index (κ1) is 46.0. The molecule has 8 rings (SSSR count). The molecule has 342 valence electrons. The molecule has 4 aliphatic rings. The van der Waals surface area contributed by atoms with Crippen LogP contribution in [0.1, 0.15) is 98.7 Å². The Morgan fingerprint density at radius 1 is 1.00 bits per heavy atom. The highest BCUT2D eigenvalue weighted by Gasteiger charge is 2.65. The van der Waals surface area contributed by atoms with Crippen molar-refractivity contribution in [2.75, 3.05) is 46.1 Å². The zero-order valence-electron chi connectivity index (χ0n) is 38.2. The van der Waals surface area contributed by atoms with Gasteiger partial charge >= 0.3 is 0 Å². The lowest BCUT2D eigenvalue weighted by molar-refractivity contribution is -0.255. The second-order valence-corrected chi connectivity index (χ2v) is 18.9. The summed E-state index contributed by atoms with van der Waals surface area (Å²) in [6, 6.07) is 28.7. The molecule has 11 nitrogen and oxygen atoms in total. The van der Waals surface area contributed by atoms with E-state index in [-0.39, 0.29) is 56.4 Å². The first-order chi connectivity index (χ1) is 31.6. The van der Waals surface area contributed by atoms with Crippen LogP contribution >= 0.6 is 0 Å². The number of hydrogen-bond acceptors (Lipinski definition) is 10. The Balaban J connectivity index is 1.37. The van der Waals surface area contributed by atoms with Crippen molar-refractivity contribution < 1.29 is 34.1 Å². The summed E-state index contributed by atoms with van der Waals surface area (Å²) < 4.78 is 21.2. The topological polar surface area (TPSA) is 137 Å². The Kier molecular flexibility index (Phi) is 14.4. The van der Waals surface area contributed by atoms with Gasteiger partial charge in [0.2, 0.25) is 5.79 Å². The molecule has 2 fully saturated rings. The smallest absolute Gasteiger partial charge is 0.254 e. The molecule has 4 aromatic rings. The minimum atomic E-state index is -1.45. The lowest BCUT2D eigenvalue weighted by Gasteiger charge is -2.60. The van der Waals surface area contributed by atoms with Gasteiger partial charge in [0.25, 0.3) is 5.91 Å². The zero-order chi connectivity index (χ0) is 45.6. The van der Waals surface area contributed by atoms with E-state index in [1.54, 1.807) is 30.3 Å². The highest BCUT2D eigenvalue weighted by Crippen LogP contribution is 2.62. The second kappa shape index (κ2) is 20.3. The van der Waals surface area contributed by atoms with Gasteiger partial charge in [-0.05, 0) is 123 Å². The van der Waals surface area contributed by atoms with Crippen LogP contribution in [0.15, 0.2) is 114 Å². The van der Waals surface area contributed by atoms with Crippen molar-refractivity contribution in [1.29, 1.82) is 5.26 Å². The predicted molar refractivity (Wildman–Crippen MR) is 253 cm³/mol. The second-order valence-electron chi connectivity index (χ2n) is 18.9. The fraction of sp³-hybridized carbons (Fsp3) is 0.463. The van der Waals surface area contributed by atoms with Crippen molar-refractivity contribution in [2.45, 2.75) is 95.6 Å². The lowest BCUT2D eigenvalue weighted by Crippen LogP contribution is -2.70. The molecule has 1 saturated carbocycles. The van der Waals surface area contributed by atoms with Crippen molar-refractivity contribution in [3.05, 3.63) is 131 Å². The van der Waals surface area contributed by atoms with Crippen LogP contribution in [-0.4, -0.2) is 95.1 Å². The van der Waals surface area contributed by atoms with Crippen LogP contribution < -0.4 is 9.47 Å². The first-order valence-corrected chi connectivity index (χ1v) is 23.5. The number of aliphatic hydroxyl groups is 2. The Bertz CT molecular complexity index is 2410. The molecule has 2 N–H and O–H groups in total. The van der Waals surface area contributed by atoms with Crippen molar-refractivity contribution >= 4 is 22.4 Å². The molecule has 0 bridgehead atoms. The van der Waals surface area contributed by atoms with E-state index in [1.807, 2.05) is 56.0 Å². The van der Waals surface area contributed by atoms with Gasteiger partial charge in [0.1, 0.15) is 29.7 Å². The Labute approximate surface area is 383 Å². The van der Waals surface area contributed by atoms with E-state index in [0.29, 0.717) is 36.3 Å².